The average Bonchev–Trinajstić information content (AvgIpc) is 3.29. The van der Waals surface area contributed by atoms with Crippen LogP contribution in [0.2, 0.25) is 10.0 Å². The molecule has 182 valence electrons. The van der Waals surface area contributed by atoms with E-state index in [4.69, 9.17) is 27.9 Å². The van der Waals surface area contributed by atoms with E-state index in [9.17, 15) is 24.5 Å². The molecule has 0 aliphatic carbocycles. The maximum atomic E-state index is 13.7. The minimum Gasteiger partial charge on any atom is -0.480 e. The van der Waals surface area contributed by atoms with Gasteiger partial charge in [0.15, 0.2) is 0 Å². The molecule has 3 N–H and O–H groups in total. The van der Waals surface area contributed by atoms with E-state index in [1.54, 1.807) is 41.1 Å². The van der Waals surface area contributed by atoms with Crippen molar-refractivity contribution in [2.75, 3.05) is 19.0 Å². The Kier molecular flexibility index (Phi) is 7.81. The number of aromatic nitrogens is 2. The van der Waals surface area contributed by atoms with Crippen molar-refractivity contribution >= 4 is 40.1 Å². The summed E-state index contributed by atoms with van der Waals surface area (Å²) in [6.45, 7) is -0.839. The highest BCUT2D eigenvalue weighted by Crippen LogP contribution is 2.51. The summed E-state index contributed by atoms with van der Waals surface area (Å²) < 4.78 is 21.0. The van der Waals surface area contributed by atoms with Crippen molar-refractivity contribution in [1.29, 1.82) is 0 Å². The Labute approximate surface area is 208 Å². The summed E-state index contributed by atoms with van der Waals surface area (Å²) >= 11 is 12.3. The second-order valence-corrected chi connectivity index (χ2v) is 11.2. The molecule has 4 rings (SSSR count). The third-order valence-corrected chi connectivity index (χ3v) is 9.51. The van der Waals surface area contributed by atoms with Crippen LogP contribution in [0.3, 0.4) is 0 Å². The van der Waals surface area contributed by atoms with Crippen LogP contribution in [-0.2, 0) is 9.53 Å². The summed E-state index contributed by atoms with van der Waals surface area (Å²) in [4.78, 5) is 16.4. The van der Waals surface area contributed by atoms with Gasteiger partial charge in [-0.2, -0.15) is 0 Å². The fraction of sp³-hybridized carbons (Fsp3) is 0.304. The Morgan fingerprint density at radius 3 is 2.71 bits per heavy atom. The highest BCUT2D eigenvalue weighted by Gasteiger charge is 2.44. The minimum absolute atomic E-state index is 0.291. The van der Waals surface area contributed by atoms with Crippen LogP contribution in [-0.4, -0.2) is 67.3 Å². The van der Waals surface area contributed by atoms with E-state index in [2.05, 4.69) is 4.98 Å². The third kappa shape index (κ3) is 5.25. The first-order valence-corrected chi connectivity index (χ1v) is 12.8. The van der Waals surface area contributed by atoms with Gasteiger partial charge in [0.25, 0.3) is 0 Å². The number of hydrogen-bond donors (Lipinski definition) is 4. The molecule has 3 aromatic rings. The Morgan fingerprint density at radius 1 is 1.24 bits per heavy atom. The maximum Gasteiger partial charge on any atom is 0.329 e. The van der Waals surface area contributed by atoms with Crippen LogP contribution in [0.1, 0.15) is 6.04 Å². The third-order valence-electron chi connectivity index (χ3n) is 5.81. The molecule has 0 amide bonds. The predicted molar refractivity (Wildman–Crippen MR) is 129 cm³/mol. The van der Waals surface area contributed by atoms with Crippen molar-refractivity contribution in [2.24, 2.45) is 0 Å². The van der Waals surface area contributed by atoms with E-state index in [1.165, 1.54) is 18.5 Å². The van der Waals surface area contributed by atoms with Gasteiger partial charge in [-0.25, -0.2) is 25.1 Å². The lowest BCUT2D eigenvalue weighted by molar-refractivity contribution is -0.146. The van der Waals surface area contributed by atoms with Crippen molar-refractivity contribution in [1.82, 2.24) is 9.55 Å². The molecule has 34 heavy (non-hydrogen) atoms. The second-order valence-electron chi connectivity index (χ2n) is 7.94. The molecule has 0 spiro atoms. The number of carboxylic acid groups (broad SMARTS) is 1. The minimum atomic E-state index is -1.17. The van der Waals surface area contributed by atoms with E-state index in [-0.39, 0.29) is 6.61 Å². The fourth-order valence-corrected chi connectivity index (χ4v) is 7.48. The highest BCUT2D eigenvalue weighted by molar-refractivity contribution is 8.17. The van der Waals surface area contributed by atoms with Crippen LogP contribution in [0.25, 0.3) is 11.3 Å². The predicted octanol–water partition coefficient (Wildman–Crippen LogP) is 3.80. The molecule has 2 aromatic carbocycles. The molecule has 0 bridgehead atoms. The van der Waals surface area contributed by atoms with Crippen LogP contribution in [0, 0.1) is 5.82 Å². The molecular formula is C23H23Cl2FN2O5S. The van der Waals surface area contributed by atoms with Crippen molar-refractivity contribution < 1.29 is 29.2 Å². The standard InChI is InChI=1S/C23H23Cl2FN2O5S/c24-16-5-4-15(7-17(16)25)34-11-19(33-10-21(30)31)22(23(32)20(34)9-29)28-8-18(27-12-28)13-2-1-3-14(26)6-13/h1-8,12,19-20,22-23,29,32,34H,9-11H2,(H,30,31)/t19-,20+,22+,23-/m0/s1. The summed E-state index contributed by atoms with van der Waals surface area (Å²) in [7, 11) is -1.17. The molecule has 11 heteroatoms. The van der Waals surface area contributed by atoms with Crippen LogP contribution < -0.4 is 0 Å². The van der Waals surface area contributed by atoms with Crippen LogP contribution in [0.4, 0.5) is 4.39 Å². The van der Waals surface area contributed by atoms with E-state index in [0.29, 0.717) is 27.1 Å². The van der Waals surface area contributed by atoms with Crippen LogP contribution >= 0.6 is 34.1 Å². The first-order valence-electron chi connectivity index (χ1n) is 10.4. The van der Waals surface area contributed by atoms with Crippen LogP contribution in [0.15, 0.2) is 59.9 Å². The second kappa shape index (κ2) is 10.6. The quantitative estimate of drug-likeness (QED) is 0.347. The molecule has 1 aromatic heterocycles. The zero-order valence-corrected chi connectivity index (χ0v) is 20.2. The van der Waals surface area contributed by atoms with E-state index in [1.807, 2.05) is 0 Å². The number of imidazole rings is 1. The van der Waals surface area contributed by atoms with Crippen molar-refractivity contribution in [3.63, 3.8) is 0 Å². The number of rotatable bonds is 7. The number of aliphatic carboxylic acids is 1. The Hall–Kier alpha value is -2.14. The number of benzene rings is 2. The maximum absolute atomic E-state index is 13.7. The lowest BCUT2D eigenvalue weighted by atomic mass is 10.0. The summed E-state index contributed by atoms with van der Waals surface area (Å²) in [5, 5.41) is 31.0. The van der Waals surface area contributed by atoms with E-state index < -0.39 is 52.8 Å². The first kappa shape index (κ1) is 25.0. The van der Waals surface area contributed by atoms with Gasteiger partial charge in [0.05, 0.1) is 46.9 Å². The number of ether oxygens (including phenoxy) is 1. The largest absolute Gasteiger partial charge is 0.480 e. The monoisotopic (exact) mass is 528 g/mol. The molecule has 0 saturated carbocycles. The van der Waals surface area contributed by atoms with Crippen molar-refractivity contribution in [3.8, 4) is 11.3 Å². The van der Waals surface area contributed by atoms with Gasteiger partial charge in [-0.3, -0.25) is 0 Å². The summed E-state index contributed by atoms with van der Waals surface area (Å²) in [6.07, 6.45) is 1.38. The number of carbonyl (C=O) groups is 1. The summed E-state index contributed by atoms with van der Waals surface area (Å²) in [6, 6.07) is 10.4. The molecular weight excluding hydrogens is 506 g/mol. The SMILES string of the molecule is O=C(O)CO[C@H]1C[SH](c2ccc(Cl)c(Cl)c2)[C@H](CO)[C@H](O)[C@@H]1n1cnc(-c2cccc(F)c2)c1. The smallest absolute Gasteiger partial charge is 0.329 e. The van der Waals surface area contributed by atoms with Crippen LogP contribution in [0.5, 0.6) is 0 Å². The Morgan fingerprint density at radius 2 is 2.03 bits per heavy atom. The molecule has 1 fully saturated rings. The summed E-state index contributed by atoms with van der Waals surface area (Å²) in [5.74, 6) is -1.16. The molecule has 7 nitrogen and oxygen atoms in total. The number of aliphatic hydroxyl groups excluding tert-OH is 2. The topological polar surface area (TPSA) is 105 Å². The number of aliphatic hydroxyl groups is 2. The first-order chi connectivity index (χ1) is 16.3. The zero-order chi connectivity index (χ0) is 24.4. The molecule has 1 aliphatic rings. The Balaban J connectivity index is 1.69. The lowest BCUT2D eigenvalue weighted by Gasteiger charge is -2.46. The molecule has 1 unspecified atom stereocenters. The van der Waals surface area contributed by atoms with Gasteiger partial charge in [-0.15, -0.1) is 0 Å². The average molecular weight is 529 g/mol. The van der Waals surface area contributed by atoms with Gasteiger partial charge in [0.1, 0.15) is 12.4 Å². The van der Waals surface area contributed by atoms with Gasteiger partial charge in [0.2, 0.25) is 0 Å². The van der Waals surface area contributed by atoms with Gasteiger partial charge < -0.3 is 24.6 Å². The van der Waals surface area contributed by atoms with Gasteiger partial charge in [-0.1, -0.05) is 35.3 Å². The number of carboxylic acids is 1. The summed E-state index contributed by atoms with van der Waals surface area (Å²) in [5.41, 5.74) is 1.05. The van der Waals surface area contributed by atoms with E-state index >= 15 is 0 Å². The van der Waals surface area contributed by atoms with Crippen molar-refractivity contribution in [2.45, 2.75) is 28.4 Å². The Bertz CT molecular complexity index is 1180. The van der Waals surface area contributed by atoms with Gasteiger partial charge in [0, 0.05) is 22.8 Å². The molecule has 0 radical (unpaired) electrons. The number of halogens is 3. The lowest BCUT2D eigenvalue weighted by Crippen LogP contribution is -2.50. The number of thiol groups is 1. The van der Waals surface area contributed by atoms with Crippen molar-refractivity contribution in [3.05, 3.63) is 70.9 Å². The number of hydrogen-bond acceptors (Lipinski definition) is 5. The fourth-order valence-electron chi connectivity index (χ4n) is 4.23. The normalized spacial score (nSPS) is 25.9. The van der Waals surface area contributed by atoms with Gasteiger partial charge >= 0.3 is 5.97 Å². The number of nitrogens with zero attached hydrogens (tertiary/aromatic N) is 2. The highest BCUT2D eigenvalue weighted by atomic mass is 35.5. The zero-order valence-electron chi connectivity index (χ0n) is 17.8. The van der Waals surface area contributed by atoms with Gasteiger partial charge in [-0.05, 0) is 35.2 Å². The molecule has 2 heterocycles. The molecule has 1 aliphatic heterocycles. The van der Waals surface area contributed by atoms with E-state index in [0.717, 1.165) is 4.90 Å². The molecule has 5 atom stereocenters. The molecule has 1 saturated heterocycles.